The molecular weight excluding hydrogens is 314 g/mol. The molecule has 22 heavy (non-hydrogen) atoms. The Bertz CT molecular complexity index is 1060. The van der Waals surface area contributed by atoms with E-state index in [2.05, 4.69) is 28.6 Å². The van der Waals surface area contributed by atoms with Gasteiger partial charge in [0.2, 0.25) is 0 Å². The summed E-state index contributed by atoms with van der Waals surface area (Å²) in [5, 5.41) is 5.20. The van der Waals surface area contributed by atoms with Crippen LogP contribution in [0.2, 0.25) is 0 Å². The van der Waals surface area contributed by atoms with E-state index in [0.29, 0.717) is 6.61 Å². The molecule has 0 spiro atoms. The highest BCUT2D eigenvalue weighted by molar-refractivity contribution is 7.21. The highest BCUT2D eigenvalue weighted by atomic mass is 32.1. The molecule has 0 bridgehead atoms. The summed E-state index contributed by atoms with van der Waals surface area (Å²) in [7, 11) is 0. The Balaban J connectivity index is 1.99. The Labute approximate surface area is 133 Å². The van der Waals surface area contributed by atoms with Crippen LogP contribution in [-0.4, -0.2) is 4.98 Å². The van der Waals surface area contributed by atoms with Gasteiger partial charge in [0, 0.05) is 22.1 Å². The van der Waals surface area contributed by atoms with Gasteiger partial charge in [-0.05, 0) is 16.8 Å². The van der Waals surface area contributed by atoms with Crippen LogP contribution in [0.4, 0.5) is 0 Å². The third-order valence-corrected chi connectivity index (χ3v) is 5.88. The summed E-state index contributed by atoms with van der Waals surface area (Å²) in [6.07, 6.45) is 0. The highest BCUT2D eigenvalue weighted by Gasteiger charge is 2.26. The fourth-order valence-electron chi connectivity index (χ4n) is 3.02. The van der Waals surface area contributed by atoms with Crippen molar-refractivity contribution in [3.05, 3.63) is 57.0 Å². The minimum absolute atomic E-state index is 0.132. The fraction of sp³-hybridized carbons (Fsp3) is 0.0588. The summed E-state index contributed by atoms with van der Waals surface area (Å²) in [5.74, 6) is 0.879. The molecule has 0 saturated heterocycles. The average Bonchev–Trinajstić information content (AvgIpc) is 2.94. The summed E-state index contributed by atoms with van der Waals surface area (Å²) in [4.78, 5) is 16.7. The summed E-state index contributed by atoms with van der Waals surface area (Å²) in [6, 6.07) is 12.4. The SMILES string of the molecule is O=c1nc2scc3c(c-2s1)-c1c(ccc2ccccc12)OC3. The second kappa shape index (κ2) is 4.38. The van der Waals surface area contributed by atoms with Gasteiger partial charge < -0.3 is 4.74 Å². The van der Waals surface area contributed by atoms with E-state index in [4.69, 9.17) is 4.74 Å². The fourth-order valence-corrected chi connectivity index (χ4v) is 4.91. The minimum Gasteiger partial charge on any atom is -0.488 e. The Morgan fingerprint density at radius 1 is 1.09 bits per heavy atom. The second-order valence-corrected chi connectivity index (χ2v) is 7.02. The van der Waals surface area contributed by atoms with E-state index < -0.39 is 0 Å². The molecule has 0 aromatic heterocycles. The van der Waals surface area contributed by atoms with Gasteiger partial charge >= 0.3 is 4.87 Å². The molecule has 0 radical (unpaired) electrons. The van der Waals surface area contributed by atoms with Gasteiger partial charge in [0.15, 0.2) is 0 Å². The highest BCUT2D eigenvalue weighted by Crippen LogP contribution is 2.48. The molecule has 3 nitrogen and oxygen atoms in total. The van der Waals surface area contributed by atoms with E-state index in [1.807, 2.05) is 18.2 Å². The van der Waals surface area contributed by atoms with Gasteiger partial charge in [-0.25, -0.2) is 0 Å². The molecule has 0 saturated carbocycles. The number of rotatable bonds is 0. The van der Waals surface area contributed by atoms with E-state index in [1.54, 1.807) is 0 Å². The average molecular weight is 323 g/mol. The number of hydrogen-bond acceptors (Lipinski definition) is 5. The molecule has 0 N–H and O–H groups in total. The van der Waals surface area contributed by atoms with Crippen molar-refractivity contribution in [2.24, 2.45) is 0 Å². The molecule has 5 heteroatoms. The maximum atomic E-state index is 11.7. The number of fused-ring (bicyclic) bond motifs is 7. The lowest BCUT2D eigenvalue weighted by Crippen LogP contribution is -2.06. The molecule has 0 aliphatic carbocycles. The number of aromatic nitrogens is 1. The van der Waals surface area contributed by atoms with Crippen LogP contribution in [-0.2, 0) is 6.61 Å². The summed E-state index contributed by atoms with van der Waals surface area (Å²) >= 11 is 2.74. The van der Waals surface area contributed by atoms with Crippen LogP contribution >= 0.6 is 22.7 Å². The van der Waals surface area contributed by atoms with Crippen molar-refractivity contribution in [3.63, 3.8) is 0 Å². The van der Waals surface area contributed by atoms with Gasteiger partial charge in [0.05, 0.1) is 4.88 Å². The maximum absolute atomic E-state index is 11.7. The summed E-state index contributed by atoms with van der Waals surface area (Å²) in [5.41, 5.74) is 3.33. The predicted octanol–water partition coefficient (Wildman–Crippen LogP) is 4.38. The van der Waals surface area contributed by atoms with Crippen molar-refractivity contribution in [2.45, 2.75) is 6.61 Å². The first kappa shape index (κ1) is 12.3. The molecule has 0 fully saturated rings. The molecule has 0 unspecified atom stereocenters. The molecule has 5 rings (SSSR count). The van der Waals surface area contributed by atoms with Crippen molar-refractivity contribution in [1.82, 2.24) is 4.98 Å². The number of ether oxygens (including phenoxy) is 1. The zero-order valence-electron chi connectivity index (χ0n) is 11.3. The van der Waals surface area contributed by atoms with Gasteiger partial charge in [-0.15, -0.1) is 11.3 Å². The van der Waals surface area contributed by atoms with Crippen LogP contribution in [0.1, 0.15) is 5.56 Å². The molecule has 0 amide bonds. The molecular formula is C17H9NO2S2. The van der Waals surface area contributed by atoms with Crippen LogP contribution in [0, 0.1) is 0 Å². The molecule has 3 heterocycles. The van der Waals surface area contributed by atoms with Gasteiger partial charge in [-0.1, -0.05) is 41.7 Å². The quantitative estimate of drug-likeness (QED) is 0.482. The number of nitrogens with zero attached hydrogens (tertiary/aromatic N) is 1. The van der Waals surface area contributed by atoms with Gasteiger partial charge in [0.1, 0.15) is 17.4 Å². The third kappa shape index (κ3) is 1.60. The topological polar surface area (TPSA) is 39.2 Å². The maximum Gasteiger partial charge on any atom is 0.328 e. The summed E-state index contributed by atoms with van der Waals surface area (Å²) in [6.45, 7) is 0.541. The van der Waals surface area contributed by atoms with Crippen LogP contribution in [0.3, 0.4) is 0 Å². The van der Waals surface area contributed by atoms with Crippen molar-refractivity contribution < 1.29 is 4.74 Å². The minimum atomic E-state index is -0.132. The number of benzene rings is 2. The van der Waals surface area contributed by atoms with E-state index >= 15 is 0 Å². The summed E-state index contributed by atoms with van der Waals surface area (Å²) < 4.78 is 5.93. The first-order valence-electron chi connectivity index (χ1n) is 6.87. The normalized spacial score (nSPS) is 12.9. The van der Waals surface area contributed by atoms with Crippen molar-refractivity contribution in [2.75, 3.05) is 0 Å². The van der Waals surface area contributed by atoms with Crippen LogP contribution in [0.15, 0.2) is 46.6 Å². The largest absolute Gasteiger partial charge is 0.488 e. The first-order valence-corrected chi connectivity index (χ1v) is 8.57. The lowest BCUT2D eigenvalue weighted by Gasteiger charge is -2.23. The predicted molar refractivity (Wildman–Crippen MR) is 90.2 cm³/mol. The Hall–Kier alpha value is -2.24. The molecule has 106 valence electrons. The zero-order valence-corrected chi connectivity index (χ0v) is 13.0. The van der Waals surface area contributed by atoms with E-state index in [9.17, 15) is 4.79 Å². The van der Waals surface area contributed by atoms with Gasteiger partial charge in [0.25, 0.3) is 0 Å². The lowest BCUT2D eigenvalue weighted by atomic mass is 9.93. The number of hydrogen-bond donors (Lipinski definition) is 0. The van der Waals surface area contributed by atoms with E-state index in [1.165, 1.54) is 28.1 Å². The van der Waals surface area contributed by atoms with Crippen molar-refractivity contribution in [1.29, 1.82) is 0 Å². The van der Waals surface area contributed by atoms with Crippen molar-refractivity contribution >= 4 is 33.4 Å². The molecule has 3 aliphatic heterocycles. The lowest BCUT2D eigenvalue weighted by molar-refractivity contribution is 0.303. The number of thiazole rings is 1. The Morgan fingerprint density at radius 3 is 2.95 bits per heavy atom. The second-order valence-electron chi connectivity index (χ2n) is 5.20. The van der Waals surface area contributed by atoms with E-state index in [0.717, 1.165) is 37.7 Å². The smallest absolute Gasteiger partial charge is 0.328 e. The van der Waals surface area contributed by atoms with Gasteiger partial charge in [-0.2, -0.15) is 4.98 Å². The van der Waals surface area contributed by atoms with Crippen molar-refractivity contribution in [3.8, 4) is 26.8 Å². The molecule has 3 aliphatic rings. The first-order chi connectivity index (χ1) is 10.8. The Kier molecular flexibility index (Phi) is 2.45. The van der Waals surface area contributed by atoms with Crippen LogP contribution < -0.4 is 9.61 Å². The van der Waals surface area contributed by atoms with Crippen LogP contribution in [0.25, 0.3) is 31.8 Å². The molecule has 2 aromatic carbocycles. The molecule has 2 aromatic rings. The van der Waals surface area contributed by atoms with Gasteiger partial charge in [-0.3, -0.25) is 4.79 Å². The van der Waals surface area contributed by atoms with Crippen LogP contribution in [0.5, 0.6) is 5.75 Å². The standard InChI is InChI=1S/C17H9NO2S2/c19-17-18-16-15(22-17)13-10(8-21-16)7-20-12-6-5-9-3-1-2-4-11(9)14(12)13/h1-6,8H,7H2. The Morgan fingerprint density at radius 2 is 2.00 bits per heavy atom. The monoisotopic (exact) mass is 323 g/mol. The zero-order chi connectivity index (χ0) is 14.7. The van der Waals surface area contributed by atoms with E-state index in [-0.39, 0.29) is 4.87 Å². The molecule has 0 atom stereocenters. The third-order valence-electron chi connectivity index (χ3n) is 3.96.